The molecule has 0 saturated carbocycles. The standard InChI is InChI=1S/C33H67NO/c1-3-5-7-9-11-13-15-17-19-21-23-25-27-29-31-33-34(35)32-30-28-26-24-22-20-18-16-14-12-10-8-6-4-2/h33H,3-32H2,1-2H3. The van der Waals surface area contributed by atoms with E-state index in [1.807, 2.05) is 6.21 Å². The van der Waals surface area contributed by atoms with E-state index in [1.54, 1.807) is 0 Å². The molecule has 0 aliphatic heterocycles. The molecule has 0 heterocycles. The fraction of sp³-hybridized carbons (Fsp3) is 0.970. The Kier molecular flexibility index (Phi) is 31.0. The predicted octanol–water partition coefficient (Wildman–Crippen LogP) is 11.9. The first-order valence-electron chi connectivity index (χ1n) is 16.6. The fourth-order valence-corrected chi connectivity index (χ4v) is 5.13. The van der Waals surface area contributed by atoms with Gasteiger partial charge in [0, 0.05) is 12.8 Å². The SMILES string of the molecule is CCCCCCCCCCCCCCCCC=[N+]([O-])CCCCCCCCCCCCCCCC. The lowest BCUT2D eigenvalue weighted by atomic mass is 10.0. The largest absolute Gasteiger partial charge is 0.624 e. The molecule has 0 atom stereocenters. The van der Waals surface area contributed by atoms with Gasteiger partial charge in [0.25, 0.3) is 0 Å². The molecular weight excluding hydrogens is 426 g/mol. The quantitative estimate of drug-likeness (QED) is 0.0321. The van der Waals surface area contributed by atoms with E-state index in [-0.39, 0.29) is 0 Å². The molecule has 0 aliphatic rings. The summed E-state index contributed by atoms with van der Waals surface area (Å²) in [5.74, 6) is 0. The van der Waals surface area contributed by atoms with Gasteiger partial charge in [0.2, 0.25) is 0 Å². The first-order valence-corrected chi connectivity index (χ1v) is 16.6. The van der Waals surface area contributed by atoms with Gasteiger partial charge in [-0.25, -0.2) is 4.74 Å². The second-order valence-corrected chi connectivity index (χ2v) is 11.3. The number of nitrogens with zero attached hydrogens (tertiary/aromatic N) is 1. The Labute approximate surface area is 222 Å². The smallest absolute Gasteiger partial charge is 0.153 e. The van der Waals surface area contributed by atoms with E-state index in [9.17, 15) is 5.21 Å². The van der Waals surface area contributed by atoms with Crippen molar-refractivity contribution in [2.75, 3.05) is 6.54 Å². The third kappa shape index (κ3) is 31.4. The van der Waals surface area contributed by atoms with Gasteiger partial charge in [-0.15, -0.1) is 0 Å². The first-order chi connectivity index (χ1) is 17.3. The van der Waals surface area contributed by atoms with Crippen molar-refractivity contribution in [2.24, 2.45) is 0 Å². The van der Waals surface area contributed by atoms with Crippen molar-refractivity contribution in [3.63, 3.8) is 0 Å². The normalized spacial score (nSPS) is 12.0. The summed E-state index contributed by atoms with van der Waals surface area (Å²) >= 11 is 0. The summed E-state index contributed by atoms with van der Waals surface area (Å²) in [5.41, 5.74) is 0. The number of hydroxylamine groups is 1. The van der Waals surface area contributed by atoms with Gasteiger partial charge in [0.1, 0.15) is 0 Å². The molecule has 0 spiro atoms. The van der Waals surface area contributed by atoms with Crippen LogP contribution in [0.25, 0.3) is 0 Å². The maximum atomic E-state index is 12.0. The minimum absolute atomic E-state index is 0.705. The highest BCUT2D eigenvalue weighted by atomic mass is 16.5. The van der Waals surface area contributed by atoms with Crippen molar-refractivity contribution in [1.29, 1.82) is 0 Å². The average Bonchev–Trinajstić information content (AvgIpc) is 2.86. The lowest BCUT2D eigenvalue weighted by molar-refractivity contribution is -0.454. The molecule has 2 nitrogen and oxygen atoms in total. The third-order valence-corrected chi connectivity index (χ3v) is 7.62. The van der Waals surface area contributed by atoms with Crippen LogP contribution in [0.2, 0.25) is 0 Å². The molecule has 0 aromatic heterocycles. The van der Waals surface area contributed by atoms with E-state index < -0.39 is 0 Å². The van der Waals surface area contributed by atoms with Crippen molar-refractivity contribution in [2.45, 2.75) is 200 Å². The van der Waals surface area contributed by atoms with Crippen LogP contribution < -0.4 is 0 Å². The number of rotatable bonds is 30. The van der Waals surface area contributed by atoms with E-state index >= 15 is 0 Å². The van der Waals surface area contributed by atoms with Crippen molar-refractivity contribution in [3.05, 3.63) is 5.21 Å². The monoisotopic (exact) mass is 494 g/mol. The molecule has 210 valence electrons. The molecule has 35 heavy (non-hydrogen) atoms. The van der Waals surface area contributed by atoms with E-state index in [0.29, 0.717) is 6.54 Å². The molecule has 0 bridgehead atoms. The Morgan fingerprint density at radius 3 is 0.943 bits per heavy atom. The van der Waals surface area contributed by atoms with Gasteiger partial charge in [-0.2, -0.15) is 0 Å². The van der Waals surface area contributed by atoms with Crippen LogP contribution in [0.5, 0.6) is 0 Å². The highest BCUT2D eigenvalue weighted by Crippen LogP contribution is 2.14. The summed E-state index contributed by atoms with van der Waals surface area (Å²) in [4.78, 5) is 0. The van der Waals surface area contributed by atoms with Crippen LogP contribution in [-0.4, -0.2) is 17.5 Å². The number of hydrogen-bond acceptors (Lipinski definition) is 1. The zero-order chi connectivity index (χ0) is 25.5. The molecule has 0 fully saturated rings. The Balaban J connectivity index is 3.21. The molecule has 0 aliphatic carbocycles. The first kappa shape index (κ1) is 34.5. The third-order valence-electron chi connectivity index (χ3n) is 7.62. The molecule has 0 N–H and O–H groups in total. The molecular formula is C33H67NO. The minimum Gasteiger partial charge on any atom is -0.624 e. The molecule has 0 aromatic carbocycles. The minimum atomic E-state index is 0.705. The van der Waals surface area contributed by atoms with E-state index in [2.05, 4.69) is 13.8 Å². The van der Waals surface area contributed by atoms with E-state index in [4.69, 9.17) is 0 Å². The second-order valence-electron chi connectivity index (χ2n) is 11.3. The molecule has 0 rings (SSSR count). The lowest BCUT2D eigenvalue weighted by Crippen LogP contribution is -2.06. The van der Waals surface area contributed by atoms with Gasteiger partial charge in [0.05, 0.1) is 0 Å². The summed E-state index contributed by atoms with van der Waals surface area (Å²) in [5, 5.41) is 12.0. The zero-order valence-corrected chi connectivity index (χ0v) is 24.6. The molecule has 0 radical (unpaired) electrons. The van der Waals surface area contributed by atoms with Crippen LogP contribution in [0.3, 0.4) is 0 Å². The van der Waals surface area contributed by atoms with Gasteiger partial charge in [-0.05, 0) is 12.8 Å². The summed E-state index contributed by atoms with van der Waals surface area (Å²) in [7, 11) is 0. The van der Waals surface area contributed by atoms with Gasteiger partial charge in [-0.1, -0.05) is 174 Å². The molecule has 0 saturated heterocycles. The summed E-state index contributed by atoms with van der Waals surface area (Å²) in [6, 6.07) is 0. The van der Waals surface area contributed by atoms with Crippen LogP contribution in [0.4, 0.5) is 0 Å². The van der Waals surface area contributed by atoms with Gasteiger partial charge >= 0.3 is 0 Å². The zero-order valence-electron chi connectivity index (χ0n) is 24.6. The average molecular weight is 494 g/mol. The van der Waals surface area contributed by atoms with Crippen LogP contribution in [0, 0.1) is 5.21 Å². The van der Waals surface area contributed by atoms with Crippen molar-refractivity contribution in [3.8, 4) is 0 Å². The highest BCUT2D eigenvalue weighted by Gasteiger charge is 1.98. The molecule has 0 aromatic rings. The van der Waals surface area contributed by atoms with E-state index in [1.165, 1.54) is 178 Å². The fourth-order valence-electron chi connectivity index (χ4n) is 5.13. The topological polar surface area (TPSA) is 26.1 Å². The van der Waals surface area contributed by atoms with Gasteiger partial charge in [0.15, 0.2) is 12.8 Å². The molecule has 0 unspecified atom stereocenters. The molecule has 0 amide bonds. The van der Waals surface area contributed by atoms with Crippen molar-refractivity contribution < 1.29 is 4.74 Å². The van der Waals surface area contributed by atoms with E-state index in [0.717, 1.165) is 12.8 Å². The Morgan fingerprint density at radius 1 is 0.371 bits per heavy atom. The van der Waals surface area contributed by atoms with Crippen molar-refractivity contribution >= 4 is 6.21 Å². The maximum Gasteiger partial charge on any atom is 0.153 e. The van der Waals surface area contributed by atoms with Gasteiger partial charge in [-0.3, -0.25) is 0 Å². The number of hydrogen-bond donors (Lipinski definition) is 0. The summed E-state index contributed by atoms with van der Waals surface area (Å²) in [6.45, 7) is 5.28. The Bertz CT molecular complexity index is 406. The van der Waals surface area contributed by atoms with Crippen molar-refractivity contribution in [1.82, 2.24) is 0 Å². The second kappa shape index (κ2) is 31.5. The highest BCUT2D eigenvalue weighted by molar-refractivity contribution is 5.50. The van der Waals surface area contributed by atoms with Crippen LogP contribution in [-0.2, 0) is 0 Å². The van der Waals surface area contributed by atoms with Crippen LogP contribution in [0.1, 0.15) is 200 Å². The summed E-state index contributed by atoms with van der Waals surface area (Å²) < 4.78 is 1.21. The lowest BCUT2D eigenvalue weighted by Gasteiger charge is -2.05. The predicted molar refractivity (Wildman–Crippen MR) is 160 cm³/mol. The Hall–Kier alpha value is -0.530. The Morgan fingerprint density at radius 2 is 0.629 bits per heavy atom. The van der Waals surface area contributed by atoms with Crippen LogP contribution in [0.15, 0.2) is 0 Å². The molecule has 2 heteroatoms. The van der Waals surface area contributed by atoms with Crippen LogP contribution >= 0.6 is 0 Å². The number of unbranched alkanes of at least 4 members (excludes halogenated alkanes) is 27. The van der Waals surface area contributed by atoms with Gasteiger partial charge < -0.3 is 5.21 Å². The maximum absolute atomic E-state index is 12.0. The summed E-state index contributed by atoms with van der Waals surface area (Å²) in [6.07, 6.45) is 41.5.